The normalized spacial score (nSPS) is 31.2. The van der Waals surface area contributed by atoms with Crippen LogP contribution in [0.4, 0.5) is 5.82 Å². The quantitative estimate of drug-likeness (QED) is 0.562. The first-order valence-corrected chi connectivity index (χ1v) is 5.27. The van der Waals surface area contributed by atoms with E-state index in [0.717, 1.165) is 4.57 Å². The average Bonchev–Trinajstić information content (AvgIpc) is 2.67. The number of aliphatic hydroxyl groups is 2. The van der Waals surface area contributed by atoms with Crippen molar-refractivity contribution < 1.29 is 14.9 Å². The molecular weight excluding hydrogens is 240 g/mol. The Hall–Kier alpha value is -1.95. The van der Waals surface area contributed by atoms with Crippen LogP contribution in [-0.4, -0.2) is 38.6 Å². The molecule has 1 aromatic rings. The number of rotatable bonds is 2. The molecule has 8 nitrogen and oxygen atoms in total. The summed E-state index contributed by atoms with van der Waals surface area (Å²) in [5, 5.41) is 28.1. The predicted octanol–water partition coefficient (Wildman–Crippen LogP) is -1.86. The molecule has 2 heterocycles. The van der Waals surface area contributed by atoms with Crippen molar-refractivity contribution in [3.63, 3.8) is 0 Å². The molecule has 0 amide bonds. The van der Waals surface area contributed by atoms with E-state index in [-0.39, 0.29) is 18.8 Å². The maximum atomic E-state index is 11.7. The van der Waals surface area contributed by atoms with Gasteiger partial charge in [-0.1, -0.05) is 0 Å². The van der Waals surface area contributed by atoms with Gasteiger partial charge < -0.3 is 20.7 Å². The van der Waals surface area contributed by atoms with E-state index in [1.165, 1.54) is 12.3 Å². The molecule has 96 valence electrons. The first-order valence-electron chi connectivity index (χ1n) is 5.27. The third-order valence-corrected chi connectivity index (χ3v) is 2.83. The number of nitrogens with two attached hydrogens (primary N) is 1. The molecule has 4 N–H and O–H groups in total. The van der Waals surface area contributed by atoms with Crippen LogP contribution in [0.1, 0.15) is 6.42 Å². The van der Waals surface area contributed by atoms with Gasteiger partial charge in [0.25, 0.3) is 5.72 Å². The molecule has 1 aliphatic heterocycles. The van der Waals surface area contributed by atoms with Gasteiger partial charge >= 0.3 is 5.69 Å². The van der Waals surface area contributed by atoms with E-state index in [1.807, 2.05) is 0 Å². The summed E-state index contributed by atoms with van der Waals surface area (Å²) in [5.41, 5.74) is 2.68. The lowest BCUT2D eigenvalue weighted by Gasteiger charge is -2.26. The van der Waals surface area contributed by atoms with Crippen molar-refractivity contribution in [1.82, 2.24) is 9.55 Å². The van der Waals surface area contributed by atoms with Crippen LogP contribution in [-0.2, 0) is 10.5 Å². The lowest BCUT2D eigenvalue weighted by atomic mass is 10.1. The van der Waals surface area contributed by atoms with Gasteiger partial charge in [-0.05, 0) is 6.07 Å². The van der Waals surface area contributed by atoms with Crippen LogP contribution in [0, 0.1) is 11.3 Å². The zero-order chi connectivity index (χ0) is 13.3. The zero-order valence-corrected chi connectivity index (χ0v) is 9.35. The number of nitrogens with zero attached hydrogens (tertiary/aromatic N) is 3. The molecule has 8 heteroatoms. The maximum Gasteiger partial charge on any atom is 0.352 e. The molecule has 1 saturated heterocycles. The third kappa shape index (κ3) is 1.74. The van der Waals surface area contributed by atoms with Crippen molar-refractivity contribution >= 4 is 5.82 Å². The van der Waals surface area contributed by atoms with Gasteiger partial charge in [-0.2, -0.15) is 10.2 Å². The number of aliphatic hydroxyl groups excluding tert-OH is 2. The summed E-state index contributed by atoms with van der Waals surface area (Å²) < 4.78 is 6.17. The molecule has 1 aliphatic rings. The van der Waals surface area contributed by atoms with Crippen LogP contribution in [0.25, 0.3) is 0 Å². The fourth-order valence-corrected chi connectivity index (χ4v) is 1.94. The molecule has 3 atom stereocenters. The van der Waals surface area contributed by atoms with Crippen LogP contribution in [0.5, 0.6) is 0 Å². The summed E-state index contributed by atoms with van der Waals surface area (Å²) in [4.78, 5) is 15.2. The van der Waals surface area contributed by atoms with Crippen molar-refractivity contribution in [2.75, 3.05) is 12.3 Å². The molecular formula is C10H12N4O4. The highest BCUT2D eigenvalue weighted by atomic mass is 16.6. The Morgan fingerprint density at radius 3 is 3.00 bits per heavy atom. The number of anilines is 1. The molecule has 3 unspecified atom stereocenters. The first kappa shape index (κ1) is 12.5. The van der Waals surface area contributed by atoms with Crippen molar-refractivity contribution in [2.24, 2.45) is 0 Å². The molecule has 18 heavy (non-hydrogen) atoms. The summed E-state index contributed by atoms with van der Waals surface area (Å²) in [7, 11) is 0. The van der Waals surface area contributed by atoms with E-state index in [1.54, 1.807) is 6.07 Å². The third-order valence-electron chi connectivity index (χ3n) is 2.83. The molecule has 0 aliphatic carbocycles. The summed E-state index contributed by atoms with van der Waals surface area (Å²) in [6.45, 7) is -0.350. The van der Waals surface area contributed by atoms with E-state index < -0.39 is 23.6 Å². The topological polar surface area (TPSA) is 134 Å². The second-order valence-electron chi connectivity index (χ2n) is 3.99. The number of aromatic nitrogens is 2. The van der Waals surface area contributed by atoms with Gasteiger partial charge in [-0.25, -0.2) is 4.79 Å². The zero-order valence-electron chi connectivity index (χ0n) is 9.35. The van der Waals surface area contributed by atoms with Crippen molar-refractivity contribution in [1.29, 1.82) is 5.26 Å². The predicted molar refractivity (Wildman–Crippen MR) is 59.1 cm³/mol. The molecule has 1 fully saturated rings. The van der Waals surface area contributed by atoms with E-state index >= 15 is 0 Å². The van der Waals surface area contributed by atoms with E-state index in [4.69, 9.17) is 15.6 Å². The Labute approximate surface area is 102 Å². The van der Waals surface area contributed by atoms with Crippen molar-refractivity contribution in [3.05, 3.63) is 22.7 Å². The van der Waals surface area contributed by atoms with Gasteiger partial charge in [0.2, 0.25) is 0 Å². The molecule has 0 spiro atoms. The first-order chi connectivity index (χ1) is 8.53. The number of ether oxygens (including phenoxy) is 1. The van der Waals surface area contributed by atoms with Crippen LogP contribution in [0.15, 0.2) is 17.1 Å². The Morgan fingerprint density at radius 2 is 2.50 bits per heavy atom. The molecule has 0 radical (unpaired) electrons. The van der Waals surface area contributed by atoms with Crippen LogP contribution in [0.2, 0.25) is 0 Å². The van der Waals surface area contributed by atoms with E-state index in [2.05, 4.69) is 4.98 Å². The minimum absolute atomic E-state index is 0.00975. The Balaban J connectivity index is 2.52. The molecule has 0 saturated carbocycles. The summed E-state index contributed by atoms with van der Waals surface area (Å²) in [6, 6.07) is 3.09. The Morgan fingerprint density at radius 1 is 1.78 bits per heavy atom. The average molecular weight is 252 g/mol. The Bertz CT molecular complexity index is 552. The number of nitrogen functional groups attached to an aromatic ring is 1. The second-order valence-corrected chi connectivity index (χ2v) is 3.99. The summed E-state index contributed by atoms with van der Waals surface area (Å²) in [5.74, 6) is 0.00975. The molecule has 1 aromatic heterocycles. The van der Waals surface area contributed by atoms with Crippen LogP contribution < -0.4 is 11.4 Å². The molecule has 0 aromatic carbocycles. The Kier molecular flexibility index (Phi) is 3.04. The van der Waals surface area contributed by atoms with Crippen molar-refractivity contribution in [3.8, 4) is 6.07 Å². The standard InChI is InChI=1S/C10H12N4O4/c11-5-10(7(16)3-6(4-15)18-10)14-2-1-8(12)13-9(14)17/h1-2,6-7,15-16H,3-4H2,(H2,12,13,17). The van der Waals surface area contributed by atoms with E-state index in [0.29, 0.717) is 0 Å². The summed E-state index contributed by atoms with van der Waals surface area (Å²) >= 11 is 0. The highest BCUT2D eigenvalue weighted by Crippen LogP contribution is 2.33. The minimum Gasteiger partial charge on any atom is -0.394 e. The maximum absolute atomic E-state index is 11.7. The monoisotopic (exact) mass is 252 g/mol. The number of hydrogen-bond acceptors (Lipinski definition) is 7. The summed E-state index contributed by atoms with van der Waals surface area (Å²) in [6.07, 6.45) is -0.649. The fourth-order valence-electron chi connectivity index (χ4n) is 1.94. The van der Waals surface area contributed by atoms with Gasteiger partial charge in [0.15, 0.2) is 0 Å². The highest BCUT2D eigenvalue weighted by Gasteiger charge is 2.51. The van der Waals surface area contributed by atoms with Gasteiger partial charge in [0, 0.05) is 12.6 Å². The fraction of sp³-hybridized carbons (Fsp3) is 0.500. The van der Waals surface area contributed by atoms with Crippen LogP contribution >= 0.6 is 0 Å². The van der Waals surface area contributed by atoms with Crippen LogP contribution in [0.3, 0.4) is 0 Å². The lowest BCUT2D eigenvalue weighted by Crippen LogP contribution is -2.47. The number of hydrogen-bond donors (Lipinski definition) is 3. The largest absolute Gasteiger partial charge is 0.394 e. The van der Waals surface area contributed by atoms with E-state index in [9.17, 15) is 15.2 Å². The van der Waals surface area contributed by atoms with Gasteiger partial charge in [0.05, 0.1) is 12.7 Å². The minimum atomic E-state index is -1.87. The highest BCUT2D eigenvalue weighted by molar-refractivity contribution is 5.25. The van der Waals surface area contributed by atoms with Gasteiger partial charge in [-0.15, -0.1) is 0 Å². The van der Waals surface area contributed by atoms with Gasteiger partial charge in [-0.3, -0.25) is 4.57 Å². The lowest BCUT2D eigenvalue weighted by molar-refractivity contribution is -0.109. The second kappa shape index (κ2) is 4.38. The molecule has 0 bridgehead atoms. The van der Waals surface area contributed by atoms with Crippen molar-refractivity contribution in [2.45, 2.75) is 24.4 Å². The van der Waals surface area contributed by atoms with Gasteiger partial charge in [0.1, 0.15) is 18.0 Å². The smallest absolute Gasteiger partial charge is 0.352 e. The number of nitriles is 1. The molecule has 2 rings (SSSR count). The SMILES string of the molecule is N#CC1(n2ccc(N)nc2=O)OC(CO)CC1O.